The Kier molecular flexibility index (Phi) is 1.48. The minimum Gasteiger partial charge on any atom is -0.489 e. The zero-order chi connectivity index (χ0) is 9.87. The molecule has 2 unspecified atom stereocenters. The molecule has 0 N–H and O–H groups in total. The fourth-order valence-corrected chi connectivity index (χ4v) is 2.43. The fourth-order valence-electron chi connectivity index (χ4n) is 2.43. The summed E-state index contributed by atoms with van der Waals surface area (Å²) in [6.07, 6.45) is 1.43. The summed E-state index contributed by atoms with van der Waals surface area (Å²) < 4.78 is 19.3. The Balaban J connectivity index is 2.21. The van der Waals surface area contributed by atoms with Crippen LogP contribution in [-0.4, -0.2) is 6.10 Å². The minimum atomic E-state index is -0.0742. The monoisotopic (exact) mass is 192 g/mol. The van der Waals surface area contributed by atoms with Gasteiger partial charge in [-0.15, -0.1) is 0 Å². The van der Waals surface area contributed by atoms with E-state index in [0.29, 0.717) is 12.0 Å². The average Bonchev–Trinajstić information content (AvgIpc) is 2.79. The zero-order valence-electron chi connectivity index (χ0n) is 8.38. The third kappa shape index (κ3) is 0.941. The van der Waals surface area contributed by atoms with Gasteiger partial charge in [-0.25, -0.2) is 4.39 Å². The van der Waals surface area contributed by atoms with Gasteiger partial charge >= 0.3 is 0 Å². The molecule has 1 fully saturated rings. The summed E-state index contributed by atoms with van der Waals surface area (Å²) in [5, 5.41) is 0. The third-order valence-electron chi connectivity index (χ3n) is 3.15. The number of hydrogen-bond donors (Lipinski definition) is 0. The number of ether oxygens (including phenoxy) is 1. The van der Waals surface area contributed by atoms with Crippen molar-refractivity contribution in [3.8, 4) is 5.75 Å². The number of halogens is 1. The largest absolute Gasteiger partial charge is 0.489 e. The number of hydrogen-bond acceptors (Lipinski definition) is 1. The topological polar surface area (TPSA) is 9.23 Å². The van der Waals surface area contributed by atoms with Crippen LogP contribution in [0, 0.1) is 5.82 Å². The Labute approximate surface area is 82.9 Å². The van der Waals surface area contributed by atoms with E-state index in [4.69, 9.17) is 4.74 Å². The molecule has 74 valence electrons. The Morgan fingerprint density at radius 1 is 1.43 bits per heavy atom. The summed E-state index contributed by atoms with van der Waals surface area (Å²) in [7, 11) is 0. The van der Waals surface area contributed by atoms with Gasteiger partial charge in [0, 0.05) is 11.5 Å². The summed E-state index contributed by atoms with van der Waals surface area (Å²) in [5.74, 6) is 1.57. The molecule has 1 saturated carbocycles. The molecule has 1 aliphatic carbocycles. The molecule has 2 heteroatoms. The quantitative estimate of drug-likeness (QED) is 0.664. The molecule has 2 atom stereocenters. The zero-order valence-corrected chi connectivity index (χ0v) is 8.38. The van der Waals surface area contributed by atoms with E-state index in [9.17, 15) is 4.39 Å². The van der Waals surface area contributed by atoms with Crippen LogP contribution in [0.25, 0.3) is 0 Å². The first-order chi connectivity index (χ1) is 6.68. The standard InChI is InChI=1S/C12H13FO/c1-6(2)11-8(13)3-4-9-12(11)7-5-10(7)14-9/h3-4,6-7,10H,5H2,1-2H3. The third-order valence-corrected chi connectivity index (χ3v) is 3.15. The van der Waals surface area contributed by atoms with Gasteiger partial charge in [0.2, 0.25) is 0 Å². The second kappa shape index (κ2) is 2.50. The van der Waals surface area contributed by atoms with Crippen molar-refractivity contribution in [2.75, 3.05) is 0 Å². The molecule has 0 aromatic heterocycles. The number of rotatable bonds is 1. The number of fused-ring (bicyclic) bond motifs is 3. The molecule has 0 amide bonds. The van der Waals surface area contributed by atoms with Crippen LogP contribution in [0.1, 0.15) is 43.2 Å². The molecule has 1 nitrogen and oxygen atoms in total. The Bertz CT molecular complexity index is 398. The van der Waals surface area contributed by atoms with Crippen LogP contribution in [0.5, 0.6) is 5.75 Å². The maximum atomic E-state index is 13.6. The van der Waals surface area contributed by atoms with Gasteiger partial charge in [-0.05, 0) is 30.0 Å². The van der Waals surface area contributed by atoms with Gasteiger partial charge < -0.3 is 4.74 Å². The van der Waals surface area contributed by atoms with E-state index in [-0.39, 0.29) is 11.7 Å². The molecule has 2 aliphatic rings. The van der Waals surface area contributed by atoms with Crippen LogP contribution < -0.4 is 4.74 Å². The van der Waals surface area contributed by atoms with Gasteiger partial charge in [-0.3, -0.25) is 0 Å². The smallest absolute Gasteiger partial charge is 0.127 e. The van der Waals surface area contributed by atoms with E-state index < -0.39 is 0 Å². The molecular formula is C12H13FO. The molecule has 0 saturated heterocycles. The summed E-state index contributed by atoms with van der Waals surface area (Å²) in [6, 6.07) is 3.29. The molecule has 1 aromatic rings. The average molecular weight is 192 g/mol. The maximum absolute atomic E-state index is 13.6. The van der Waals surface area contributed by atoms with Crippen molar-refractivity contribution in [1.82, 2.24) is 0 Å². The Morgan fingerprint density at radius 2 is 2.21 bits per heavy atom. The molecule has 0 bridgehead atoms. The highest BCUT2D eigenvalue weighted by molar-refractivity contribution is 5.52. The SMILES string of the molecule is CC(C)c1c(F)ccc2c1C1CC1O2. The van der Waals surface area contributed by atoms with Gasteiger partial charge in [-0.1, -0.05) is 13.8 Å². The normalized spacial score (nSPS) is 27.1. The van der Waals surface area contributed by atoms with E-state index in [0.717, 1.165) is 23.3 Å². The molecule has 0 spiro atoms. The van der Waals surface area contributed by atoms with Crippen LogP contribution >= 0.6 is 0 Å². The second-order valence-electron chi connectivity index (χ2n) is 4.53. The molecule has 1 aliphatic heterocycles. The van der Waals surface area contributed by atoms with Crippen LogP contribution in [0.3, 0.4) is 0 Å². The van der Waals surface area contributed by atoms with Gasteiger partial charge in [0.15, 0.2) is 0 Å². The van der Waals surface area contributed by atoms with E-state index in [1.807, 2.05) is 13.8 Å². The molecule has 1 heterocycles. The molecule has 14 heavy (non-hydrogen) atoms. The lowest BCUT2D eigenvalue weighted by Crippen LogP contribution is -1.99. The predicted molar refractivity (Wildman–Crippen MR) is 52.3 cm³/mol. The minimum absolute atomic E-state index is 0.0742. The first-order valence-corrected chi connectivity index (χ1v) is 5.17. The van der Waals surface area contributed by atoms with Crippen molar-refractivity contribution in [3.05, 3.63) is 29.1 Å². The van der Waals surface area contributed by atoms with Crippen molar-refractivity contribution >= 4 is 0 Å². The van der Waals surface area contributed by atoms with E-state index in [2.05, 4.69) is 0 Å². The van der Waals surface area contributed by atoms with Crippen molar-refractivity contribution in [2.45, 2.75) is 38.2 Å². The summed E-state index contributed by atoms with van der Waals surface area (Å²) >= 11 is 0. The lowest BCUT2D eigenvalue weighted by Gasteiger charge is -2.13. The van der Waals surface area contributed by atoms with Crippen LogP contribution in [-0.2, 0) is 0 Å². The van der Waals surface area contributed by atoms with Crippen molar-refractivity contribution in [2.24, 2.45) is 0 Å². The lowest BCUT2D eigenvalue weighted by molar-refractivity contribution is 0.318. The van der Waals surface area contributed by atoms with Gasteiger partial charge in [0.1, 0.15) is 17.7 Å². The molecule has 3 rings (SSSR count). The molecular weight excluding hydrogens is 179 g/mol. The van der Waals surface area contributed by atoms with E-state index in [1.165, 1.54) is 6.07 Å². The Morgan fingerprint density at radius 3 is 2.93 bits per heavy atom. The second-order valence-corrected chi connectivity index (χ2v) is 4.53. The highest BCUT2D eigenvalue weighted by Crippen LogP contribution is 2.56. The highest BCUT2D eigenvalue weighted by Gasteiger charge is 2.49. The first kappa shape index (κ1) is 8.27. The van der Waals surface area contributed by atoms with Crippen molar-refractivity contribution in [3.63, 3.8) is 0 Å². The van der Waals surface area contributed by atoms with Gasteiger partial charge in [0.25, 0.3) is 0 Å². The van der Waals surface area contributed by atoms with Crippen LogP contribution in [0.2, 0.25) is 0 Å². The maximum Gasteiger partial charge on any atom is 0.127 e. The number of benzene rings is 1. The highest BCUT2D eigenvalue weighted by atomic mass is 19.1. The Hall–Kier alpha value is -1.05. The lowest BCUT2D eigenvalue weighted by atomic mass is 9.93. The van der Waals surface area contributed by atoms with Crippen LogP contribution in [0.15, 0.2) is 12.1 Å². The van der Waals surface area contributed by atoms with Gasteiger partial charge in [-0.2, -0.15) is 0 Å². The molecule has 0 radical (unpaired) electrons. The summed E-state index contributed by atoms with van der Waals surface area (Å²) in [4.78, 5) is 0. The molecule has 1 aromatic carbocycles. The van der Waals surface area contributed by atoms with Crippen LogP contribution in [0.4, 0.5) is 4.39 Å². The van der Waals surface area contributed by atoms with E-state index >= 15 is 0 Å². The van der Waals surface area contributed by atoms with Crippen molar-refractivity contribution < 1.29 is 9.13 Å². The summed E-state index contributed by atoms with van der Waals surface area (Å²) in [5.41, 5.74) is 2.01. The van der Waals surface area contributed by atoms with Gasteiger partial charge in [0.05, 0.1) is 0 Å². The first-order valence-electron chi connectivity index (χ1n) is 5.17. The van der Waals surface area contributed by atoms with Crippen molar-refractivity contribution in [1.29, 1.82) is 0 Å². The fraction of sp³-hybridized carbons (Fsp3) is 0.500. The predicted octanol–water partition coefficient (Wildman–Crippen LogP) is 3.20. The summed E-state index contributed by atoms with van der Waals surface area (Å²) in [6.45, 7) is 4.07. The van der Waals surface area contributed by atoms with E-state index in [1.54, 1.807) is 6.07 Å².